The van der Waals surface area contributed by atoms with Crippen LogP contribution in [0.3, 0.4) is 0 Å². The minimum absolute atomic E-state index is 0.110. The smallest absolute Gasteiger partial charge is 0.344 e. The summed E-state index contributed by atoms with van der Waals surface area (Å²) in [5, 5.41) is 2.85. The molecule has 0 aliphatic carbocycles. The zero-order valence-electron chi connectivity index (χ0n) is 16.7. The number of benzene rings is 3. The molecular formula is C24H18F3N3OS. The van der Waals surface area contributed by atoms with E-state index in [4.69, 9.17) is 0 Å². The van der Waals surface area contributed by atoms with Gasteiger partial charge in [-0.15, -0.1) is 11.8 Å². The van der Waals surface area contributed by atoms with Crippen molar-refractivity contribution in [2.75, 3.05) is 0 Å². The zero-order valence-corrected chi connectivity index (χ0v) is 17.5. The number of carbonyl (C=O) groups is 1. The third-order valence-corrected chi connectivity index (χ3v) is 6.78. The predicted octanol–water partition coefficient (Wildman–Crippen LogP) is 5.50. The fourth-order valence-corrected chi connectivity index (χ4v) is 5.11. The van der Waals surface area contributed by atoms with E-state index in [0.717, 1.165) is 16.0 Å². The molecule has 4 aromatic rings. The fraction of sp³-hybridized carbons (Fsp3) is 0.167. The van der Waals surface area contributed by atoms with Crippen molar-refractivity contribution in [3.8, 4) is 0 Å². The van der Waals surface area contributed by atoms with E-state index in [-0.39, 0.29) is 22.2 Å². The maximum absolute atomic E-state index is 13.2. The number of H-pyrrole nitrogens is 1. The molecule has 4 nitrogen and oxygen atoms in total. The minimum Gasteiger partial charge on any atom is -0.344 e. The summed E-state index contributed by atoms with van der Waals surface area (Å²) >= 11 is 1.53. The van der Waals surface area contributed by atoms with E-state index in [0.29, 0.717) is 12.0 Å². The highest BCUT2D eigenvalue weighted by Crippen LogP contribution is 2.37. The Balaban J connectivity index is 1.46. The lowest BCUT2D eigenvalue weighted by molar-refractivity contribution is -0.144. The largest absolute Gasteiger partial charge is 0.449 e. The molecule has 1 aliphatic heterocycles. The van der Waals surface area contributed by atoms with Gasteiger partial charge in [0.1, 0.15) is 0 Å². The fourth-order valence-electron chi connectivity index (χ4n) is 3.91. The van der Waals surface area contributed by atoms with Gasteiger partial charge in [-0.25, -0.2) is 4.98 Å². The molecule has 0 radical (unpaired) electrons. The van der Waals surface area contributed by atoms with E-state index in [1.165, 1.54) is 11.8 Å². The van der Waals surface area contributed by atoms with Crippen molar-refractivity contribution in [1.82, 2.24) is 15.3 Å². The first kappa shape index (κ1) is 20.6. The number of nitrogens with zero attached hydrogens (tertiary/aromatic N) is 1. The highest BCUT2D eigenvalue weighted by atomic mass is 32.2. The van der Waals surface area contributed by atoms with Crippen LogP contribution < -0.4 is 5.32 Å². The Morgan fingerprint density at radius 2 is 1.78 bits per heavy atom. The Morgan fingerprint density at radius 3 is 2.53 bits per heavy atom. The van der Waals surface area contributed by atoms with Crippen LogP contribution in [0.4, 0.5) is 13.2 Å². The van der Waals surface area contributed by atoms with Crippen LogP contribution in [0.5, 0.6) is 0 Å². The average molecular weight is 453 g/mol. The molecule has 8 heteroatoms. The first-order valence-electron chi connectivity index (χ1n) is 10.1. The van der Waals surface area contributed by atoms with Crippen molar-refractivity contribution in [2.45, 2.75) is 28.8 Å². The lowest BCUT2D eigenvalue weighted by Crippen LogP contribution is -2.36. The van der Waals surface area contributed by atoms with E-state index in [2.05, 4.69) is 15.3 Å². The number of imidazole rings is 1. The van der Waals surface area contributed by atoms with Gasteiger partial charge in [0.25, 0.3) is 0 Å². The van der Waals surface area contributed by atoms with Gasteiger partial charge in [0.15, 0.2) is 0 Å². The normalized spacial score (nSPS) is 16.7. The predicted molar refractivity (Wildman–Crippen MR) is 117 cm³/mol. The van der Waals surface area contributed by atoms with Gasteiger partial charge in [0.2, 0.25) is 11.7 Å². The standard InChI is InChI=1S/C24H18F3N3OS/c25-24(26,27)23-28-17-11-10-16(12-18(17)29-23)21(14-6-2-1-3-7-14)30-22(31)20-13-15-8-4-5-9-19(15)32-20/h1-12,20-21H,13H2,(H,28,29)(H,30,31)/t20-,21-/m1/s1. The second-order valence-electron chi connectivity index (χ2n) is 7.63. The molecule has 2 N–H and O–H groups in total. The number of carbonyl (C=O) groups excluding carboxylic acids is 1. The number of thioether (sulfide) groups is 1. The van der Waals surface area contributed by atoms with Crippen LogP contribution in [0.2, 0.25) is 0 Å². The van der Waals surface area contributed by atoms with E-state index in [1.54, 1.807) is 18.2 Å². The molecule has 0 bridgehead atoms. The molecule has 5 rings (SSSR count). The number of hydrogen-bond donors (Lipinski definition) is 2. The van der Waals surface area contributed by atoms with Crippen molar-refractivity contribution in [3.05, 3.63) is 95.3 Å². The molecule has 3 aromatic carbocycles. The van der Waals surface area contributed by atoms with Gasteiger partial charge in [0.05, 0.1) is 22.3 Å². The van der Waals surface area contributed by atoms with Crippen molar-refractivity contribution >= 4 is 28.7 Å². The lowest BCUT2D eigenvalue weighted by atomic mass is 9.97. The van der Waals surface area contributed by atoms with Gasteiger partial charge < -0.3 is 10.3 Å². The maximum Gasteiger partial charge on any atom is 0.449 e. The van der Waals surface area contributed by atoms with E-state index in [9.17, 15) is 18.0 Å². The van der Waals surface area contributed by atoms with E-state index >= 15 is 0 Å². The van der Waals surface area contributed by atoms with Gasteiger partial charge >= 0.3 is 6.18 Å². The average Bonchev–Trinajstić information content (AvgIpc) is 3.41. The Morgan fingerprint density at radius 1 is 1.03 bits per heavy atom. The third-order valence-electron chi connectivity index (χ3n) is 5.47. The van der Waals surface area contributed by atoms with Crippen molar-refractivity contribution in [3.63, 3.8) is 0 Å². The summed E-state index contributed by atoms with van der Waals surface area (Å²) in [6.45, 7) is 0. The van der Waals surface area contributed by atoms with E-state index < -0.39 is 18.0 Å². The molecule has 2 heterocycles. The molecule has 2 atom stereocenters. The molecule has 0 spiro atoms. The summed E-state index contributed by atoms with van der Waals surface area (Å²) < 4.78 is 39.2. The number of halogens is 3. The maximum atomic E-state index is 13.2. The van der Waals surface area contributed by atoms with Crippen LogP contribution in [0.1, 0.15) is 28.6 Å². The van der Waals surface area contributed by atoms with Crippen LogP contribution in [-0.2, 0) is 17.4 Å². The van der Waals surface area contributed by atoms with Crippen LogP contribution in [0, 0.1) is 0 Å². The molecule has 1 aromatic heterocycles. The van der Waals surface area contributed by atoms with Gasteiger partial charge in [0, 0.05) is 4.90 Å². The van der Waals surface area contributed by atoms with E-state index in [1.807, 2.05) is 54.6 Å². The summed E-state index contributed by atoms with van der Waals surface area (Å²) in [6, 6.07) is 21.7. The van der Waals surface area contributed by atoms with Crippen LogP contribution in [0.15, 0.2) is 77.7 Å². The number of fused-ring (bicyclic) bond motifs is 2. The second-order valence-corrected chi connectivity index (χ2v) is 8.87. The quantitative estimate of drug-likeness (QED) is 0.429. The number of aromatic nitrogens is 2. The molecule has 0 saturated heterocycles. The SMILES string of the molecule is O=C(N[C@H](c1ccccc1)c1ccc2nc(C(F)(F)F)[nH]c2c1)[C@H]1Cc2ccccc2S1. The van der Waals surface area contributed by atoms with Gasteiger partial charge in [-0.3, -0.25) is 4.79 Å². The monoisotopic (exact) mass is 453 g/mol. The highest BCUT2D eigenvalue weighted by molar-refractivity contribution is 8.01. The molecular weight excluding hydrogens is 435 g/mol. The third kappa shape index (κ3) is 3.98. The molecule has 0 saturated carbocycles. The number of aromatic amines is 1. The number of hydrogen-bond acceptors (Lipinski definition) is 3. The first-order valence-corrected chi connectivity index (χ1v) is 10.9. The molecule has 1 aliphatic rings. The Labute approximate surface area is 186 Å². The van der Waals surface area contributed by atoms with Crippen LogP contribution in [-0.4, -0.2) is 21.1 Å². The lowest BCUT2D eigenvalue weighted by Gasteiger charge is -2.22. The summed E-state index contributed by atoms with van der Waals surface area (Å²) in [6.07, 6.45) is -3.91. The van der Waals surface area contributed by atoms with Gasteiger partial charge in [-0.1, -0.05) is 54.6 Å². The number of nitrogens with one attached hydrogen (secondary N) is 2. The number of amides is 1. The minimum atomic E-state index is -4.55. The highest BCUT2D eigenvalue weighted by Gasteiger charge is 2.35. The summed E-state index contributed by atoms with van der Waals surface area (Å²) in [5.41, 5.74) is 3.16. The number of alkyl halides is 3. The van der Waals surface area contributed by atoms with Gasteiger partial charge in [-0.2, -0.15) is 13.2 Å². The molecule has 162 valence electrons. The Kier molecular flexibility index (Phi) is 5.17. The molecule has 0 fully saturated rings. The number of rotatable bonds is 4. The van der Waals surface area contributed by atoms with Crippen molar-refractivity contribution < 1.29 is 18.0 Å². The molecule has 32 heavy (non-hydrogen) atoms. The molecule has 0 unspecified atom stereocenters. The second kappa shape index (κ2) is 8.02. The van der Waals surface area contributed by atoms with Crippen molar-refractivity contribution in [1.29, 1.82) is 0 Å². The van der Waals surface area contributed by atoms with Crippen LogP contribution >= 0.6 is 11.8 Å². The summed E-state index contributed by atoms with van der Waals surface area (Å²) in [4.78, 5) is 20.3. The van der Waals surface area contributed by atoms with Crippen molar-refractivity contribution in [2.24, 2.45) is 0 Å². The molecule has 1 amide bonds. The van der Waals surface area contributed by atoms with Gasteiger partial charge in [-0.05, 0) is 41.3 Å². The van der Waals surface area contributed by atoms with Crippen LogP contribution in [0.25, 0.3) is 11.0 Å². The topological polar surface area (TPSA) is 57.8 Å². The zero-order chi connectivity index (χ0) is 22.3. The Hall–Kier alpha value is -3.26. The summed E-state index contributed by atoms with van der Waals surface area (Å²) in [7, 11) is 0. The summed E-state index contributed by atoms with van der Waals surface area (Å²) in [5.74, 6) is -1.15. The Bertz CT molecular complexity index is 1260. The first-order chi connectivity index (χ1) is 15.4.